The van der Waals surface area contributed by atoms with Crippen LogP contribution in [0.5, 0.6) is 0 Å². The Morgan fingerprint density at radius 3 is 2.61 bits per heavy atom. The zero-order chi connectivity index (χ0) is 19.7. The van der Waals surface area contributed by atoms with E-state index in [2.05, 4.69) is 5.16 Å². The molecular formula is C22H22F2N2O2. The molecule has 4 rings (SSSR count). The highest BCUT2D eigenvalue weighted by Crippen LogP contribution is 2.32. The fourth-order valence-corrected chi connectivity index (χ4v) is 3.36. The molecule has 146 valence electrons. The van der Waals surface area contributed by atoms with Crippen LogP contribution in [0.3, 0.4) is 0 Å². The quantitative estimate of drug-likeness (QED) is 0.749. The summed E-state index contributed by atoms with van der Waals surface area (Å²) in [7, 11) is 0. The van der Waals surface area contributed by atoms with Crippen molar-refractivity contribution in [1.82, 2.24) is 4.90 Å². The number of nitrogens with zero attached hydrogens (tertiary/aromatic N) is 2. The van der Waals surface area contributed by atoms with Gasteiger partial charge in [0.25, 0.3) is 0 Å². The largest absolute Gasteiger partial charge is 0.390 e. The molecule has 2 aromatic carbocycles. The predicted octanol–water partition coefficient (Wildman–Crippen LogP) is 4.21. The second kappa shape index (κ2) is 7.70. The molecule has 1 saturated carbocycles. The highest BCUT2D eigenvalue weighted by Gasteiger charge is 2.36. The molecule has 0 radical (unpaired) electrons. The number of carbonyl (C=O) groups is 1. The van der Waals surface area contributed by atoms with Gasteiger partial charge in [-0.05, 0) is 31.4 Å². The van der Waals surface area contributed by atoms with E-state index in [-0.39, 0.29) is 24.5 Å². The van der Waals surface area contributed by atoms with Crippen LogP contribution in [0.15, 0.2) is 47.6 Å². The minimum absolute atomic E-state index is 0.00222. The molecule has 1 fully saturated rings. The smallest absolute Gasteiger partial charge is 0.226 e. The number of aryl methyl sites for hydroxylation is 1. The lowest BCUT2D eigenvalue weighted by atomic mass is 10.0. The lowest BCUT2D eigenvalue weighted by Gasteiger charge is -2.25. The van der Waals surface area contributed by atoms with Crippen LogP contribution in [-0.2, 0) is 16.2 Å². The Bertz CT molecular complexity index is 907. The van der Waals surface area contributed by atoms with Crippen LogP contribution in [0.25, 0.3) is 0 Å². The Kier molecular flexibility index (Phi) is 5.11. The SMILES string of the molecule is Cc1ccc(C2=NO[C@H](CN(Cc3ccc(F)cc3F)C(=O)C3CC3)C2)cc1. The summed E-state index contributed by atoms with van der Waals surface area (Å²) in [5, 5.41) is 4.18. The summed E-state index contributed by atoms with van der Waals surface area (Å²) in [6.07, 6.45) is 2.03. The van der Waals surface area contributed by atoms with Crippen LogP contribution in [0.2, 0.25) is 0 Å². The minimum atomic E-state index is -0.641. The first-order valence-electron chi connectivity index (χ1n) is 9.52. The number of rotatable bonds is 6. The van der Waals surface area contributed by atoms with Crippen molar-refractivity contribution >= 4 is 11.6 Å². The molecule has 0 unspecified atom stereocenters. The molecule has 1 aliphatic carbocycles. The van der Waals surface area contributed by atoms with E-state index in [1.54, 1.807) is 4.90 Å². The molecule has 1 atom stereocenters. The topological polar surface area (TPSA) is 41.9 Å². The molecule has 1 amide bonds. The fourth-order valence-electron chi connectivity index (χ4n) is 3.36. The Balaban J connectivity index is 1.44. The van der Waals surface area contributed by atoms with Crippen molar-refractivity contribution in [2.45, 2.75) is 38.8 Å². The number of hydrogen-bond donors (Lipinski definition) is 0. The van der Waals surface area contributed by atoms with E-state index in [0.29, 0.717) is 18.5 Å². The molecule has 0 saturated heterocycles. The van der Waals surface area contributed by atoms with Crippen molar-refractivity contribution in [3.05, 3.63) is 70.8 Å². The number of oxime groups is 1. The van der Waals surface area contributed by atoms with Crippen molar-refractivity contribution in [3.8, 4) is 0 Å². The average molecular weight is 384 g/mol. The van der Waals surface area contributed by atoms with Crippen LogP contribution >= 0.6 is 0 Å². The van der Waals surface area contributed by atoms with Gasteiger partial charge in [0.05, 0.1) is 12.3 Å². The summed E-state index contributed by atoms with van der Waals surface area (Å²) in [4.78, 5) is 19.9. The molecule has 2 aromatic rings. The first-order chi connectivity index (χ1) is 13.5. The van der Waals surface area contributed by atoms with Gasteiger partial charge in [-0.2, -0.15) is 0 Å². The highest BCUT2D eigenvalue weighted by atomic mass is 19.1. The van der Waals surface area contributed by atoms with Gasteiger partial charge < -0.3 is 9.74 Å². The summed E-state index contributed by atoms with van der Waals surface area (Å²) in [6.45, 7) is 2.45. The molecule has 6 heteroatoms. The monoisotopic (exact) mass is 384 g/mol. The number of benzene rings is 2. The van der Waals surface area contributed by atoms with Gasteiger partial charge in [0.2, 0.25) is 5.91 Å². The number of amides is 1. The predicted molar refractivity (Wildman–Crippen MR) is 102 cm³/mol. The van der Waals surface area contributed by atoms with Gasteiger partial charge >= 0.3 is 0 Å². The summed E-state index contributed by atoms with van der Waals surface area (Å²) >= 11 is 0. The maximum atomic E-state index is 14.1. The Labute approximate surface area is 162 Å². The summed E-state index contributed by atoms with van der Waals surface area (Å²) in [5.41, 5.74) is 3.31. The van der Waals surface area contributed by atoms with Crippen LogP contribution in [0.4, 0.5) is 8.78 Å². The second-order valence-electron chi connectivity index (χ2n) is 7.56. The Hall–Kier alpha value is -2.76. The second-order valence-corrected chi connectivity index (χ2v) is 7.56. The van der Waals surface area contributed by atoms with Crippen molar-refractivity contribution in [1.29, 1.82) is 0 Å². The van der Waals surface area contributed by atoms with E-state index >= 15 is 0 Å². The van der Waals surface area contributed by atoms with Gasteiger partial charge in [0.1, 0.15) is 11.6 Å². The van der Waals surface area contributed by atoms with Crippen LogP contribution in [0.1, 0.15) is 36.0 Å². The molecule has 0 spiro atoms. The molecular weight excluding hydrogens is 362 g/mol. The third kappa shape index (κ3) is 4.21. The molecule has 0 aromatic heterocycles. The molecule has 2 aliphatic rings. The number of halogens is 2. The lowest BCUT2D eigenvalue weighted by molar-refractivity contribution is -0.135. The van der Waals surface area contributed by atoms with Gasteiger partial charge in [0, 0.05) is 30.5 Å². The van der Waals surface area contributed by atoms with E-state index in [9.17, 15) is 13.6 Å². The Morgan fingerprint density at radius 2 is 1.93 bits per heavy atom. The molecule has 0 bridgehead atoms. The van der Waals surface area contributed by atoms with E-state index in [1.165, 1.54) is 17.7 Å². The van der Waals surface area contributed by atoms with E-state index < -0.39 is 11.6 Å². The summed E-state index contributed by atoms with van der Waals surface area (Å²) in [6, 6.07) is 11.5. The van der Waals surface area contributed by atoms with Crippen molar-refractivity contribution in [2.75, 3.05) is 6.54 Å². The summed E-state index contributed by atoms with van der Waals surface area (Å²) < 4.78 is 27.3. The molecule has 28 heavy (non-hydrogen) atoms. The summed E-state index contributed by atoms with van der Waals surface area (Å²) in [5.74, 6) is -1.27. The van der Waals surface area contributed by atoms with Crippen LogP contribution < -0.4 is 0 Å². The van der Waals surface area contributed by atoms with Gasteiger partial charge in [-0.1, -0.05) is 41.1 Å². The first-order valence-corrected chi connectivity index (χ1v) is 9.52. The molecule has 0 N–H and O–H groups in total. The van der Waals surface area contributed by atoms with Crippen LogP contribution in [0, 0.1) is 24.5 Å². The van der Waals surface area contributed by atoms with Gasteiger partial charge in [-0.25, -0.2) is 8.78 Å². The van der Waals surface area contributed by atoms with Crippen molar-refractivity contribution in [3.63, 3.8) is 0 Å². The zero-order valence-electron chi connectivity index (χ0n) is 15.7. The van der Waals surface area contributed by atoms with Gasteiger partial charge in [-0.3, -0.25) is 4.79 Å². The van der Waals surface area contributed by atoms with E-state index in [1.807, 2.05) is 31.2 Å². The lowest BCUT2D eigenvalue weighted by Crippen LogP contribution is -2.38. The normalized spacial score (nSPS) is 18.5. The van der Waals surface area contributed by atoms with Crippen molar-refractivity contribution < 1.29 is 18.4 Å². The fraction of sp³-hybridized carbons (Fsp3) is 0.364. The Morgan fingerprint density at radius 1 is 1.18 bits per heavy atom. The molecule has 1 aliphatic heterocycles. The van der Waals surface area contributed by atoms with Gasteiger partial charge in [-0.15, -0.1) is 0 Å². The van der Waals surface area contributed by atoms with E-state index in [4.69, 9.17) is 4.84 Å². The standard InChI is InChI=1S/C22H22F2N2O2/c1-14-2-4-15(5-3-14)21-11-19(28-25-21)13-26(22(27)16-6-7-16)12-17-8-9-18(23)10-20(17)24/h2-5,8-10,16,19H,6-7,11-13H2,1H3/t19-/m0/s1. The maximum absolute atomic E-state index is 14.1. The highest BCUT2D eigenvalue weighted by molar-refractivity contribution is 6.01. The third-order valence-corrected chi connectivity index (χ3v) is 5.16. The first kappa shape index (κ1) is 18.6. The maximum Gasteiger partial charge on any atom is 0.226 e. The number of hydrogen-bond acceptors (Lipinski definition) is 3. The van der Waals surface area contributed by atoms with Crippen LogP contribution in [-0.4, -0.2) is 29.2 Å². The minimum Gasteiger partial charge on any atom is -0.390 e. The average Bonchev–Trinajstić information content (AvgIpc) is 3.42. The van der Waals surface area contributed by atoms with Gasteiger partial charge in [0.15, 0.2) is 6.10 Å². The molecule has 4 nitrogen and oxygen atoms in total. The zero-order valence-corrected chi connectivity index (χ0v) is 15.7. The third-order valence-electron chi connectivity index (χ3n) is 5.16. The van der Waals surface area contributed by atoms with E-state index in [0.717, 1.165) is 30.2 Å². The number of carbonyl (C=O) groups excluding carboxylic acids is 1. The van der Waals surface area contributed by atoms with Crippen molar-refractivity contribution in [2.24, 2.45) is 11.1 Å². The molecule has 1 heterocycles.